The minimum Gasteiger partial charge on any atom is -0.489 e. The zero-order valence-electron chi connectivity index (χ0n) is 16.1. The molecule has 28 heavy (non-hydrogen) atoms. The Morgan fingerprint density at radius 3 is 2.75 bits per heavy atom. The van der Waals surface area contributed by atoms with Crippen LogP contribution in [0.4, 0.5) is 0 Å². The van der Waals surface area contributed by atoms with Gasteiger partial charge >= 0.3 is 5.63 Å². The van der Waals surface area contributed by atoms with Crippen LogP contribution in [0.15, 0.2) is 44.2 Å². The molecular formula is C21H24O7. The number of rotatable bonds is 5. The standard InChI is InChI=1S/C21H24O7/c1-20(2,24)17-6-8-21(3,28-17)16(22)11-26-19-12-4-5-18(23)27-15(12)10-14-13(19)7-9-25-14/h4-5,7,9-10,16-17,22,24H,6,8,11H2,1-3H3. The third-order valence-electron chi connectivity index (χ3n) is 5.50. The summed E-state index contributed by atoms with van der Waals surface area (Å²) in [7, 11) is 0. The zero-order chi connectivity index (χ0) is 20.1. The second kappa shape index (κ2) is 6.62. The molecule has 150 valence electrons. The summed E-state index contributed by atoms with van der Waals surface area (Å²) in [4.78, 5) is 11.5. The molecule has 1 saturated heterocycles. The van der Waals surface area contributed by atoms with Gasteiger partial charge in [-0.3, -0.25) is 0 Å². The smallest absolute Gasteiger partial charge is 0.336 e. The van der Waals surface area contributed by atoms with E-state index in [1.54, 1.807) is 32.0 Å². The molecule has 0 amide bonds. The molecule has 3 unspecified atom stereocenters. The summed E-state index contributed by atoms with van der Waals surface area (Å²) >= 11 is 0. The summed E-state index contributed by atoms with van der Waals surface area (Å²) in [6, 6.07) is 6.37. The summed E-state index contributed by atoms with van der Waals surface area (Å²) in [5, 5.41) is 22.3. The molecule has 7 nitrogen and oxygen atoms in total. The number of aliphatic hydroxyl groups is 2. The number of fused-ring (bicyclic) bond motifs is 2. The van der Waals surface area contributed by atoms with Crippen molar-refractivity contribution in [3.05, 3.63) is 40.9 Å². The first kappa shape index (κ1) is 19.0. The minimum atomic E-state index is -0.978. The lowest BCUT2D eigenvalue weighted by Gasteiger charge is -2.33. The Hall–Kier alpha value is -2.35. The molecule has 0 aliphatic carbocycles. The van der Waals surface area contributed by atoms with Crippen molar-refractivity contribution in [1.82, 2.24) is 0 Å². The van der Waals surface area contributed by atoms with Gasteiger partial charge in [-0.2, -0.15) is 0 Å². The Bertz CT molecular complexity index is 1060. The van der Waals surface area contributed by atoms with Gasteiger partial charge in [-0.25, -0.2) is 4.79 Å². The fourth-order valence-electron chi connectivity index (χ4n) is 3.71. The molecule has 7 heteroatoms. The predicted octanol–water partition coefficient (Wildman–Crippen LogP) is 2.99. The SMILES string of the molecule is CC(C)(O)C1CCC(C)(C(O)COc2c3ccoc3cc3oc(=O)ccc23)O1. The average molecular weight is 388 g/mol. The molecule has 3 atom stereocenters. The molecule has 2 aromatic heterocycles. The first-order valence-electron chi connectivity index (χ1n) is 9.32. The lowest BCUT2D eigenvalue weighted by atomic mass is 9.93. The van der Waals surface area contributed by atoms with Crippen molar-refractivity contribution >= 4 is 21.9 Å². The molecular weight excluding hydrogens is 364 g/mol. The van der Waals surface area contributed by atoms with Crippen molar-refractivity contribution in [2.75, 3.05) is 6.61 Å². The van der Waals surface area contributed by atoms with E-state index in [-0.39, 0.29) is 12.7 Å². The lowest BCUT2D eigenvalue weighted by Crippen LogP contribution is -2.46. The van der Waals surface area contributed by atoms with Crippen molar-refractivity contribution < 1.29 is 28.5 Å². The molecule has 1 aromatic carbocycles. The second-order valence-electron chi connectivity index (χ2n) is 8.14. The average Bonchev–Trinajstić information content (AvgIpc) is 3.25. The predicted molar refractivity (Wildman–Crippen MR) is 103 cm³/mol. The Kier molecular flexibility index (Phi) is 4.49. The number of hydrogen-bond donors (Lipinski definition) is 2. The van der Waals surface area contributed by atoms with Gasteiger partial charge in [0.1, 0.15) is 29.6 Å². The minimum absolute atomic E-state index is 0.0202. The Balaban J connectivity index is 1.60. The normalized spacial score (nSPS) is 24.1. The highest BCUT2D eigenvalue weighted by Crippen LogP contribution is 2.39. The van der Waals surface area contributed by atoms with Crippen LogP contribution in [-0.2, 0) is 4.74 Å². The van der Waals surface area contributed by atoms with Crippen LogP contribution < -0.4 is 10.4 Å². The highest BCUT2D eigenvalue weighted by molar-refractivity contribution is 6.01. The van der Waals surface area contributed by atoms with Crippen LogP contribution in [0.3, 0.4) is 0 Å². The van der Waals surface area contributed by atoms with Gasteiger partial charge < -0.3 is 28.5 Å². The van der Waals surface area contributed by atoms with E-state index in [1.165, 1.54) is 12.3 Å². The van der Waals surface area contributed by atoms with E-state index in [4.69, 9.17) is 18.3 Å². The zero-order valence-corrected chi connectivity index (χ0v) is 16.1. The summed E-state index contributed by atoms with van der Waals surface area (Å²) < 4.78 is 22.6. The van der Waals surface area contributed by atoms with Gasteiger partial charge in [-0.15, -0.1) is 0 Å². The first-order chi connectivity index (χ1) is 13.2. The summed E-state index contributed by atoms with van der Waals surface area (Å²) in [5.74, 6) is 0.477. The van der Waals surface area contributed by atoms with E-state index < -0.39 is 22.9 Å². The van der Waals surface area contributed by atoms with Crippen LogP contribution >= 0.6 is 0 Å². The highest BCUT2D eigenvalue weighted by atomic mass is 16.6. The van der Waals surface area contributed by atoms with Crippen LogP contribution in [0.25, 0.3) is 21.9 Å². The number of aliphatic hydroxyl groups excluding tert-OH is 1. The Morgan fingerprint density at radius 2 is 2.04 bits per heavy atom. The van der Waals surface area contributed by atoms with E-state index in [2.05, 4.69) is 0 Å². The molecule has 1 fully saturated rings. The molecule has 2 N–H and O–H groups in total. The Morgan fingerprint density at radius 1 is 1.29 bits per heavy atom. The third-order valence-corrected chi connectivity index (χ3v) is 5.50. The van der Waals surface area contributed by atoms with Crippen LogP contribution in [0.1, 0.15) is 33.6 Å². The fraction of sp³-hybridized carbons (Fsp3) is 0.476. The van der Waals surface area contributed by atoms with E-state index >= 15 is 0 Å². The summed E-state index contributed by atoms with van der Waals surface area (Å²) in [5.41, 5.74) is -1.39. The number of ether oxygens (including phenoxy) is 2. The third kappa shape index (κ3) is 3.30. The maximum atomic E-state index is 11.5. The summed E-state index contributed by atoms with van der Waals surface area (Å²) in [6.07, 6.45) is 1.54. The highest BCUT2D eigenvalue weighted by Gasteiger charge is 2.46. The van der Waals surface area contributed by atoms with Gasteiger partial charge in [-0.1, -0.05) is 0 Å². The Labute approximate surface area is 161 Å². The van der Waals surface area contributed by atoms with Gasteiger partial charge in [-0.05, 0) is 45.7 Å². The quantitative estimate of drug-likeness (QED) is 0.648. The van der Waals surface area contributed by atoms with Crippen LogP contribution in [0.5, 0.6) is 5.75 Å². The second-order valence-corrected chi connectivity index (χ2v) is 8.14. The molecule has 0 saturated carbocycles. The van der Waals surface area contributed by atoms with Crippen molar-refractivity contribution in [3.63, 3.8) is 0 Å². The van der Waals surface area contributed by atoms with Gasteiger partial charge in [0.2, 0.25) is 0 Å². The van der Waals surface area contributed by atoms with Crippen molar-refractivity contribution in [2.24, 2.45) is 0 Å². The van der Waals surface area contributed by atoms with Crippen LogP contribution in [0, 0.1) is 0 Å². The molecule has 3 heterocycles. The van der Waals surface area contributed by atoms with E-state index in [0.29, 0.717) is 35.1 Å². The topological polar surface area (TPSA) is 102 Å². The maximum absolute atomic E-state index is 11.5. The van der Waals surface area contributed by atoms with Crippen molar-refractivity contribution in [1.29, 1.82) is 0 Å². The molecule has 1 aliphatic heterocycles. The molecule has 1 aliphatic rings. The van der Waals surface area contributed by atoms with Gasteiger partial charge in [0, 0.05) is 12.1 Å². The van der Waals surface area contributed by atoms with E-state index in [9.17, 15) is 15.0 Å². The van der Waals surface area contributed by atoms with Gasteiger partial charge in [0.15, 0.2) is 0 Å². The largest absolute Gasteiger partial charge is 0.489 e. The number of hydrogen-bond acceptors (Lipinski definition) is 7. The molecule has 3 aromatic rings. The van der Waals surface area contributed by atoms with E-state index in [0.717, 1.165) is 5.39 Å². The lowest BCUT2D eigenvalue weighted by molar-refractivity contribution is -0.158. The molecule has 0 radical (unpaired) electrons. The maximum Gasteiger partial charge on any atom is 0.336 e. The fourth-order valence-corrected chi connectivity index (χ4v) is 3.71. The molecule has 0 spiro atoms. The summed E-state index contributed by atoms with van der Waals surface area (Å²) in [6.45, 7) is 5.20. The molecule has 0 bridgehead atoms. The van der Waals surface area contributed by atoms with Crippen LogP contribution in [0.2, 0.25) is 0 Å². The van der Waals surface area contributed by atoms with E-state index in [1.807, 2.05) is 6.92 Å². The number of benzene rings is 1. The van der Waals surface area contributed by atoms with Crippen molar-refractivity contribution in [3.8, 4) is 5.75 Å². The molecule has 4 rings (SSSR count). The van der Waals surface area contributed by atoms with Crippen molar-refractivity contribution in [2.45, 2.75) is 57.0 Å². The monoisotopic (exact) mass is 388 g/mol. The van der Waals surface area contributed by atoms with Gasteiger partial charge in [0.25, 0.3) is 0 Å². The first-order valence-corrected chi connectivity index (χ1v) is 9.32. The number of furan rings is 1. The van der Waals surface area contributed by atoms with Crippen LogP contribution in [-0.4, -0.2) is 40.2 Å². The van der Waals surface area contributed by atoms with Gasteiger partial charge in [0.05, 0.1) is 34.3 Å².